The molecular weight excluding hydrogens is 256 g/mol. The van der Waals surface area contributed by atoms with Crippen LogP contribution in [0.3, 0.4) is 0 Å². The average Bonchev–Trinajstić information content (AvgIpc) is 2.84. The van der Waals surface area contributed by atoms with Gasteiger partial charge in [0.05, 0.1) is 12.9 Å². The number of hydrogen-bond acceptors (Lipinski definition) is 7. The lowest BCUT2D eigenvalue weighted by molar-refractivity contribution is -0.137. The number of carbonyl (C=O) groups is 1. The molecule has 0 bridgehead atoms. The number of hydrogen-bond donors (Lipinski definition) is 1. The summed E-state index contributed by atoms with van der Waals surface area (Å²) in [7, 11) is 1.31. The van der Waals surface area contributed by atoms with Crippen molar-refractivity contribution in [2.24, 2.45) is 0 Å². The molecule has 7 nitrogen and oxygen atoms in total. The minimum atomic E-state index is -0.369. The number of tetrazole rings is 1. The van der Waals surface area contributed by atoms with Crippen LogP contribution in [0.1, 0.15) is 0 Å². The minimum absolute atomic E-state index is 0.0599. The van der Waals surface area contributed by atoms with Gasteiger partial charge >= 0.3 is 5.97 Å². The van der Waals surface area contributed by atoms with Crippen molar-refractivity contribution in [3.8, 4) is 11.4 Å². The number of aromatic hydroxyl groups is 1. The standard InChI is InChI=1S/C10H10N4O3S/c1-17-9(16)6-18-10-11-12-13-14(10)7-4-2-3-5-8(7)15/h2-5,15H,6H2,1H3. The zero-order valence-corrected chi connectivity index (χ0v) is 10.3. The topological polar surface area (TPSA) is 90.1 Å². The molecule has 0 saturated heterocycles. The highest BCUT2D eigenvalue weighted by Gasteiger charge is 2.13. The molecule has 1 N–H and O–H groups in total. The van der Waals surface area contributed by atoms with Crippen LogP contribution in [0.5, 0.6) is 5.75 Å². The van der Waals surface area contributed by atoms with Crippen LogP contribution in [0.15, 0.2) is 29.4 Å². The second-order valence-corrected chi connectivity index (χ2v) is 4.17. The number of benzene rings is 1. The van der Waals surface area contributed by atoms with Crippen molar-refractivity contribution < 1.29 is 14.6 Å². The van der Waals surface area contributed by atoms with Crippen LogP contribution in [-0.4, -0.2) is 44.1 Å². The third-order valence-corrected chi connectivity index (χ3v) is 2.99. The van der Waals surface area contributed by atoms with Gasteiger partial charge in [-0.05, 0) is 22.6 Å². The zero-order chi connectivity index (χ0) is 13.0. The molecule has 0 spiro atoms. The number of methoxy groups -OCH3 is 1. The van der Waals surface area contributed by atoms with E-state index in [0.717, 1.165) is 11.8 Å². The summed E-state index contributed by atoms with van der Waals surface area (Å²) in [6.45, 7) is 0. The Labute approximate surface area is 107 Å². The molecule has 0 aliphatic heterocycles. The van der Waals surface area contributed by atoms with Crippen molar-refractivity contribution in [2.75, 3.05) is 12.9 Å². The molecular formula is C10H10N4O3S. The van der Waals surface area contributed by atoms with E-state index in [4.69, 9.17) is 0 Å². The fourth-order valence-corrected chi connectivity index (χ4v) is 1.96. The summed E-state index contributed by atoms with van der Waals surface area (Å²) >= 11 is 1.13. The molecule has 94 valence electrons. The Bertz CT molecular complexity index is 558. The van der Waals surface area contributed by atoms with Gasteiger partial charge in [0.25, 0.3) is 0 Å². The molecule has 1 aromatic carbocycles. The first kappa shape index (κ1) is 12.4. The van der Waals surface area contributed by atoms with Crippen LogP contribution in [0.4, 0.5) is 0 Å². The maximum atomic E-state index is 11.1. The summed E-state index contributed by atoms with van der Waals surface area (Å²) in [5.74, 6) is -0.207. The van der Waals surface area contributed by atoms with Crippen LogP contribution >= 0.6 is 11.8 Å². The van der Waals surface area contributed by atoms with Crippen molar-refractivity contribution in [3.63, 3.8) is 0 Å². The Hall–Kier alpha value is -2.09. The normalized spacial score (nSPS) is 10.3. The highest BCUT2D eigenvalue weighted by Crippen LogP contribution is 2.24. The van der Waals surface area contributed by atoms with E-state index in [2.05, 4.69) is 20.3 Å². The van der Waals surface area contributed by atoms with Gasteiger partial charge in [-0.3, -0.25) is 4.79 Å². The molecule has 1 heterocycles. The predicted octanol–water partition coefficient (Wildman–Crippen LogP) is 0.633. The molecule has 0 saturated carbocycles. The zero-order valence-electron chi connectivity index (χ0n) is 9.48. The van der Waals surface area contributed by atoms with Gasteiger partial charge in [0.2, 0.25) is 5.16 Å². The van der Waals surface area contributed by atoms with E-state index >= 15 is 0 Å². The molecule has 0 aliphatic rings. The minimum Gasteiger partial charge on any atom is -0.506 e. The first-order valence-electron chi connectivity index (χ1n) is 4.98. The van der Waals surface area contributed by atoms with Gasteiger partial charge < -0.3 is 9.84 Å². The highest BCUT2D eigenvalue weighted by atomic mass is 32.2. The Balaban J connectivity index is 2.23. The predicted molar refractivity (Wildman–Crippen MR) is 63.6 cm³/mol. The van der Waals surface area contributed by atoms with E-state index in [0.29, 0.717) is 10.8 Å². The Morgan fingerprint density at radius 1 is 1.50 bits per heavy atom. The highest BCUT2D eigenvalue weighted by molar-refractivity contribution is 7.99. The molecule has 0 amide bonds. The number of carbonyl (C=O) groups excluding carboxylic acids is 1. The summed E-state index contributed by atoms with van der Waals surface area (Å²) < 4.78 is 5.89. The number of phenols is 1. The number of aromatic nitrogens is 4. The lowest BCUT2D eigenvalue weighted by atomic mass is 10.3. The van der Waals surface area contributed by atoms with Crippen LogP contribution in [-0.2, 0) is 9.53 Å². The van der Waals surface area contributed by atoms with E-state index in [1.165, 1.54) is 17.9 Å². The third-order valence-electron chi connectivity index (χ3n) is 2.10. The number of ether oxygens (including phenoxy) is 1. The van der Waals surface area contributed by atoms with Gasteiger partial charge in [0, 0.05) is 0 Å². The largest absolute Gasteiger partial charge is 0.506 e. The first-order chi connectivity index (χ1) is 8.72. The second kappa shape index (κ2) is 5.50. The molecule has 0 radical (unpaired) electrons. The van der Waals surface area contributed by atoms with Gasteiger partial charge in [-0.2, -0.15) is 4.68 Å². The smallest absolute Gasteiger partial charge is 0.316 e. The monoisotopic (exact) mass is 266 g/mol. The molecule has 8 heteroatoms. The van der Waals surface area contributed by atoms with Gasteiger partial charge in [0.15, 0.2) is 0 Å². The van der Waals surface area contributed by atoms with Gasteiger partial charge in [-0.25, -0.2) is 0 Å². The summed E-state index contributed by atoms with van der Waals surface area (Å²) in [5, 5.41) is 21.2. The fourth-order valence-electron chi connectivity index (χ4n) is 1.25. The van der Waals surface area contributed by atoms with Gasteiger partial charge in [-0.15, -0.1) is 5.10 Å². The number of rotatable bonds is 4. The molecule has 1 aromatic heterocycles. The van der Waals surface area contributed by atoms with Gasteiger partial charge in [-0.1, -0.05) is 23.9 Å². The Morgan fingerprint density at radius 2 is 2.28 bits per heavy atom. The number of phenolic OH excluding ortho intramolecular Hbond substituents is 1. The quantitative estimate of drug-likeness (QED) is 0.641. The molecule has 0 unspecified atom stereocenters. The van der Waals surface area contributed by atoms with Crippen molar-refractivity contribution in [2.45, 2.75) is 5.16 Å². The van der Waals surface area contributed by atoms with E-state index in [1.807, 2.05) is 0 Å². The third kappa shape index (κ3) is 2.59. The Kier molecular flexibility index (Phi) is 3.78. The van der Waals surface area contributed by atoms with Crippen LogP contribution in [0.2, 0.25) is 0 Å². The van der Waals surface area contributed by atoms with Crippen molar-refractivity contribution in [3.05, 3.63) is 24.3 Å². The SMILES string of the molecule is COC(=O)CSc1nnnn1-c1ccccc1O. The van der Waals surface area contributed by atoms with E-state index in [9.17, 15) is 9.90 Å². The Morgan fingerprint density at radius 3 is 3.00 bits per heavy atom. The fraction of sp³-hybridized carbons (Fsp3) is 0.200. The molecule has 2 rings (SSSR count). The van der Waals surface area contributed by atoms with Crippen molar-refractivity contribution in [1.29, 1.82) is 0 Å². The van der Waals surface area contributed by atoms with Crippen molar-refractivity contribution >= 4 is 17.7 Å². The van der Waals surface area contributed by atoms with E-state index in [1.54, 1.807) is 18.2 Å². The summed E-state index contributed by atoms with van der Waals surface area (Å²) in [4.78, 5) is 11.1. The molecule has 0 aliphatic carbocycles. The lowest BCUT2D eigenvalue weighted by Crippen LogP contribution is -2.05. The maximum Gasteiger partial charge on any atom is 0.316 e. The molecule has 0 atom stereocenters. The van der Waals surface area contributed by atoms with Crippen molar-refractivity contribution in [1.82, 2.24) is 20.2 Å². The summed E-state index contributed by atoms with van der Waals surface area (Å²) in [5.41, 5.74) is 0.454. The number of esters is 1. The van der Waals surface area contributed by atoms with Crippen LogP contribution in [0.25, 0.3) is 5.69 Å². The average molecular weight is 266 g/mol. The molecule has 18 heavy (non-hydrogen) atoms. The van der Waals surface area contributed by atoms with Gasteiger partial charge in [0.1, 0.15) is 11.4 Å². The first-order valence-corrected chi connectivity index (χ1v) is 5.97. The van der Waals surface area contributed by atoms with E-state index in [-0.39, 0.29) is 17.5 Å². The van der Waals surface area contributed by atoms with E-state index < -0.39 is 0 Å². The lowest BCUT2D eigenvalue weighted by Gasteiger charge is -2.05. The van der Waals surface area contributed by atoms with Crippen LogP contribution in [0, 0.1) is 0 Å². The summed E-state index contributed by atoms with van der Waals surface area (Å²) in [6, 6.07) is 6.66. The number of para-hydroxylation sites is 2. The summed E-state index contributed by atoms with van der Waals surface area (Å²) in [6.07, 6.45) is 0. The van der Waals surface area contributed by atoms with Crippen LogP contribution < -0.4 is 0 Å². The number of thioether (sulfide) groups is 1. The second-order valence-electron chi connectivity index (χ2n) is 3.23. The number of nitrogens with zero attached hydrogens (tertiary/aromatic N) is 4. The molecule has 0 fully saturated rings. The maximum absolute atomic E-state index is 11.1. The molecule has 2 aromatic rings.